The molecule has 0 aliphatic heterocycles. The molecule has 1 atom stereocenters. The number of halogens is 5. The Kier molecular flexibility index (Phi) is 4.75. The van der Waals surface area contributed by atoms with Crippen LogP contribution in [0.25, 0.3) is 0 Å². The molecule has 0 aliphatic carbocycles. The maximum absolute atomic E-state index is 14.1. The molecule has 0 bridgehead atoms. The largest absolute Gasteiger partial charge is 0.320 e. The second kappa shape index (κ2) is 5.98. The van der Waals surface area contributed by atoms with E-state index in [0.29, 0.717) is 20.1 Å². The Balaban J connectivity index is 2.50. The summed E-state index contributed by atoms with van der Waals surface area (Å²) in [6, 6.07) is 7.41. The Morgan fingerprint density at radius 3 is 2.21 bits per heavy atom. The van der Waals surface area contributed by atoms with Crippen LogP contribution in [0.3, 0.4) is 0 Å². The SMILES string of the molecule is NC(c1cc(Cl)cc(Cl)c1)c1ccc(Br)c(Cl)c1F. The molecule has 0 radical (unpaired) electrons. The molecule has 100 valence electrons. The highest BCUT2D eigenvalue weighted by molar-refractivity contribution is 9.10. The van der Waals surface area contributed by atoms with E-state index < -0.39 is 11.9 Å². The van der Waals surface area contributed by atoms with E-state index >= 15 is 0 Å². The molecule has 19 heavy (non-hydrogen) atoms. The maximum atomic E-state index is 14.1. The monoisotopic (exact) mass is 381 g/mol. The second-order valence-electron chi connectivity index (χ2n) is 3.95. The first-order valence-electron chi connectivity index (χ1n) is 5.25. The Hall–Kier alpha value is -0.320. The summed E-state index contributed by atoms with van der Waals surface area (Å²) in [6.45, 7) is 0. The fourth-order valence-corrected chi connectivity index (χ4v) is 2.74. The molecular formula is C13H8BrCl3FN. The average molecular weight is 383 g/mol. The Morgan fingerprint density at radius 2 is 1.63 bits per heavy atom. The predicted octanol–water partition coefficient (Wildman–Crippen LogP) is 5.60. The lowest BCUT2D eigenvalue weighted by Gasteiger charge is -2.15. The Bertz CT molecular complexity index is 613. The summed E-state index contributed by atoms with van der Waals surface area (Å²) in [4.78, 5) is 0. The van der Waals surface area contributed by atoms with Crippen LogP contribution in [0, 0.1) is 5.82 Å². The molecule has 0 aromatic heterocycles. The zero-order valence-corrected chi connectivity index (χ0v) is 13.3. The van der Waals surface area contributed by atoms with Gasteiger partial charge in [-0.15, -0.1) is 0 Å². The molecule has 6 heteroatoms. The van der Waals surface area contributed by atoms with Crippen molar-refractivity contribution in [3.05, 3.63) is 66.8 Å². The Morgan fingerprint density at radius 1 is 1.05 bits per heavy atom. The lowest BCUT2D eigenvalue weighted by atomic mass is 9.99. The van der Waals surface area contributed by atoms with Crippen molar-refractivity contribution in [1.29, 1.82) is 0 Å². The van der Waals surface area contributed by atoms with E-state index in [1.54, 1.807) is 30.3 Å². The van der Waals surface area contributed by atoms with Gasteiger partial charge in [0, 0.05) is 20.1 Å². The zero-order valence-electron chi connectivity index (χ0n) is 9.43. The maximum Gasteiger partial charge on any atom is 0.148 e. The van der Waals surface area contributed by atoms with Crippen molar-refractivity contribution in [3.8, 4) is 0 Å². The summed E-state index contributed by atoms with van der Waals surface area (Å²) in [5.74, 6) is -0.556. The molecule has 2 N–H and O–H groups in total. The van der Waals surface area contributed by atoms with Gasteiger partial charge >= 0.3 is 0 Å². The van der Waals surface area contributed by atoms with E-state index in [1.165, 1.54) is 0 Å². The van der Waals surface area contributed by atoms with E-state index in [9.17, 15) is 4.39 Å². The number of hydrogen-bond acceptors (Lipinski definition) is 1. The Labute approximate surface area is 133 Å². The van der Waals surface area contributed by atoms with Gasteiger partial charge in [0.1, 0.15) is 5.82 Å². The van der Waals surface area contributed by atoms with Gasteiger partial charge in [-0.05, 0) is 45.8 Å². The van der Waals surface area contributed by atoms with Crippen LogP contribution in [0.1, 0.15) is 17.2 Å². The summed E-state index contributed by atoms with van der Waals surface area (Å²) >= 11 is 20.8. The summed E-state index contributed by atoms with van der Waals surface area (Å²) in [6.07, 6.45) is 0. The third kappa shape index (κ3) is 3.23. The van der Waals surface area contributed by atoms with Crippen LogP contribution in [0.4, 0.5) is 4.39 Å². The third-order valence-electron chi connectivity index (χ3n) is 2.64. The van der Waals surface area contributed by atoms with Crippen LogP contribution in [-0.4, -0.2) is 0 Å². The lowest BCUT2D eigenvalue weighted by Crippen LogP contribution is -2.14. The average Bonchev–Trinajstić information content (AvgIpc) is 2.34. The minimum atomic E-state index is -0.693. The molecule has 0 saturated carbocycles. The fraction of sp³-hybridized carbons (Fsp3) is 0.0769. The molecule has 1 unspecified atom stereocenters. The van der Waals surface area contributed by atoms with Crippen LogP contribution in [0.15, 0.2) is 34.8 Å². The minimum Gasteiger partial charge on any atom is -0.320 e. The van der Waals surface area contributed by atoms with E-state index in [-0.39, 0.29) is 10.6 Å². The van der Waals surface area contributed by atoms with Gasteiger partial charge in [-0.1, -0.05) is 40.9 Å². The molecule has 0 spiro atoms. The minimum absolute atomic E-state index is 0.000995. The van der Waals surface area contributed by atoms with Gasteiger partial charge in [-0.3, -0.25) is 0 Å². The first kappa shape index (κ1) is 15.1. The van der Waals surface area contributed by atoms with Crippen LogP contribution in [0.2, 0.25) is 15.1 Å². The van der Waals surface area contributed by atoms with Crippen LogP contribution in [-0.2, 0) is 0 Å². The molecule has 0 saturated heterocycles. The summed E-state index contributed by atoms with van der Waals surface area (Å²) in [5.41, 5.74) is 6.95. The van der Waals surface area contributed by atoms with Gasteiger partial charge in [-0.2, -0.15) is 0 Å². The van der Waals surface area contributed by atoms with Crippen molar-refractivity contribution in [1.82, 2.24) is 0 Å². The van der Waals surface area contributed by atoms with Crippen molar-refractivity contribution in [2.45, 2.75) is 6.04 Å². The highest BCUT2D eigenvalue weighted by Gasteiger charge is 2.18. The van der Waals surface area contributed by atoms with Gasteiger partial charge < -0.3 is 5.73 Å². The number of hydrogen-bond donors (Lipinski definition) is 1. The van der Waals surface area contributed by atoms with Gasteiger partial charge in [0.2, 0.25) is 0 Å². The molecule has 2 aromatic rings. The highest BCUT2D eigenvalue weighted by atomic mass is 79.9. The van der Waals surface area contributed by atoms with E-state index in [0.717, 1.165) is 0 Å². The topological polar surface area (TPSA) is 26.0 Å². The van der Waals surface area contributed by atoms with Gasteiger partial charge in [0.15, 0.2) is 0 Å². The number of nitrogens with two attached hydrogens (primary N) is 1. The quantitative estimate of drug-likeness (QED) is 0.672. The van der Waals surface area contributed by atoms with Crippen molar-refractivity contribution < 1.29 is 4.39 Å². The van der Waals surface area contributed by atoms with E-state index in [2.05, 4.69) is 15.9 Å². The van der Waals surface area contributed by atoms with Crippen LogP contribution in [0.5, 0.6) is 0 Å². The van der Waals surface area contributed by atoms with Gasteiger partial charge in [0.25, 0.3) is 0 Å². The fourth-order valence-electron chi connectivity index (χ4n) is 1.72. The highest BCUT2D eigenvalue weighted by Crippen LogP contribution is 2.33. The van der Waals surface area contributed by atoms with E-state index in [1.807, 2.05) is 0 Å². The smallest absolute Gasteiger partial charge is 0.148 e. The van der Waals surface area contributed by atoms with Gasteiger partial charge in [0.05, 0.1) is 11.1 Å². The molecule has 1 nitrogen and oxygen atoms in total. The zero-order chi connectivity index (χ0) is 14.2. The lowest BCUT2D eigenvalue weighted by molar-refractivity contribution is 0.599. The van der Waals surface area contributed by atoms with Crippen molar-refractivity contribution in [2.75, 3.05) is 0 Å². The van der Waals surface area contributed by atoms with Crippen LogP contribution >= 0.6 is 50.7 Å². The molecule has 0 heterocycles. The summed E-state index contributed by atoms with van der Waals surface area (Å²) in [5, 5.41) is 0.893. The van der Waals surface area contributed by atoms with E-state index in [4.69, 9.17) is 40.5 Å². The number of benzene rings is 2. The molecule has 0 amide bonds. The predicted molar refractivity (Wildman–Crippen MR) is 81.6 cm³/mol. The molecule has 2 aromatic carbocycles. The molecule has 2 rings (SSSR count). The molecule has 0 aliphatic rings. The molecular weight excluding hydrogens is 375 g/mol. The second-order valence-corrected chi connectivity index (χ2v) is 6.05. The van der Waals surface area contributed by atoms with Crippen molar-refractivity contribution in [3.63, 3.8) is 0 Å². The number of rotatable bonds is 2. The molecule has 0 fully saturated rings. The van der Waals surface area contributed by atoms with Crippen molar-refractivity contribution >= 4 is 50.7 Å². The standard InChI is InChI=1S/C13H8BrCl3FN/c14-10-2-1-9(12(18)11(10)17)13(19)6-3-7(15)5-8(16)4-6/h1-5,13H,19H2. The first-order valence-corrected chi connectivity index (χ1v) is 7.18. The summed E-state index contributed by atoms with van der Waals surface area (Å²) < 4.78 is 14.6. The summed E-state index contributed by atoms with van der Waals surface area (Å²) in [7, 11) is 0. The third-order valence-corrected chi connectivity index (χ3v) is 4.34. The van der Waals surface area contributed by atoms with Gasteiger partial charge in [-0.25, -0.2) is 4.39 Å². The first-order chi connectivity index (χ1) is 8.90. The van der Waals surface area contributed by atoms with Crippen LogP contribution < -0.4 is 5.73 Å². The normalized spacial score (nSPS) is 12.5. The van der Waals surface area contributed by atoms with Crippen molar-refractivity contribution in [2.24, 2.45) is 5.73 Å².